The Morgan fingerprint density at radius 1 is 1.44 bits per heavy atom. The molecule has 0 aliphatic carbocycles. The number of hydrogen-bond acceptors (Lipinski definition) is 3. The first-order valence-electron chi connectivity index (χ1n) is 5.81. The molecule has 0 saturated carbocycles. The predicted octanol–water partition coefficient (Wildman–Crippen LogP) is 2.32. The number of nitrogens with zero attached hydrogens (tertiary/aromatic N) is 1. The van der Waals surface area contributed by atoms with Gasteiger partial charge in [0.25, 0.3) is 5.91 Å². The Morgan fingerprint density at radius 2 is 2.22 bits per heavy atom. The zero-order valence-corrected chi connectivity index (χ0v) is 12.1. The average molecular weight is 314 g/mol. The Morgan fingerprint density at radius 3 is 2.83 bits per heavy atom. The van der Waals surface area contributed by atoms with Crippen molar-refractivity contribution in [3.05, 3.63) is 28.2 Å². The Balaban J connectivity index is 2.19. The monoisotopic (exact) mass is 313 g/mol. The number of likely N-dealkylation sites (tertiary alicyclic amines) is 1. The van der Waals surface area contributed by atoms with Crippen LogP contribution in [0.25, 0.3) is 0 Å². The van der Waals surface area contributed by atoms with E-state index in [1.807, 2.05) is 6.07 Å². The highest BCUT2D eigenvalue weighted by atomic mass is 79.9. The van der Waals surface area contributed by atoms with Gasteiger partial charge in [-0.2, -0.15) is 0 Å². The number of rotatable bonds is 3. The number of carbonyl (C=O) groups excluding carboxylic acids is 1. The molecule has 1 unspecified atom stereocenters. The predicted molar refractivity (Wildman–Crippen MR) is 72.0 cm³/mol. The molecule has 1 atom stereocenters. The molecule has 1 heterocycles. The van der Waals surface area contributed by atoms with E-state index in [9.17, 15) is 4.79 Å². The van der Waals surface area contributed by atoms with Crippen molar-refractivity contribution in [1.82, 2.24) is 4.90 Å². The molecule has 0 bridgehead atoms. The summed E-state index contributed by atoms with van der Waals surface area (Å²) in [4.78, 5) is 14.2. The Labute approximate surface area is 115 Å². The van der Waals surface area contributed by atoms with Gasteiger partial charge < -0.3 is 14.4 Å². The van der Waals surface area contributed by atoms with E-state index in [2.05, 4.69) is 15.9 Å². The SMILES string of the molecule is COc1cc(Br)ccc1C(=O)N1CCC(OC)C1. The van der Waals surface area contributed by atoms with Gasteiger partial charge in [0.05, 0.1) is 18.8 Å². The van der Waals surface area contributed by atoms with Crippen molar-refractivity contribution < 1.29 is 14.3 Å². The second kappa shape index (κ2) is 5.71. The van der Waals surface area contributed by atoms with Crippen LogP contribution in [0, 0.1) is 0 Å². The van der Waals surface area contributed by atoms with Crippen molar-refractivity contribution in [3.8, 4) is 5.75 Å². The Kier molecular flexibility index (Phi) is 4.24. The minimum absolute atomic E-state index is 0.00102. The first-order valence-corrected chi connectivity index (χ1v) is 6.60. The number of ether oxygens (including phenoxy) is 2. The van der Waals surface area contributed by atoms with Crippen molar-refractivity contribution >= 4 is 21.8 Å². The van der Waals surface area contributed by atoms with Gasteiger partial charge in [0.15, 0.2) is 0 Å². The van der Waals surface area contributed by atoms with Gasteiger partial charge in [-0.3, -0.25) is 4.79 Å². The maximum absolute atomic E-state index is 12.4. The average Bonchev–Trinajstić information content (AvgIpc) is 2.86. The maximum atomic E-state index is 12.4. The first-order chi connectivity index (χ1) is 8.65. The summed E-state index contributed by atoms with van der Waals surface area (Å²) in [5, 5.41) is 0. The van der Waals surface area contributed by atoms with Crippen LogP contribution in [0.5, 0.6) is 5.75 Å². The van der Waals surface area contributed by atoms with Gasteiger partial charge in [-0.15, -0.1) is 0 Å². The number of amides is 1. The maximum Gasteiger partial charge on any atom is 0.257 e. The number of carbonyl (C=O) groups is 1. The topological polar surface area (TPSA) is 38.8 Å². The first kappa shape index (κ1) is 13.4. The molecule has 2 rings (SSSR count). The highest BCUT2D eigenvalue weighted by Gasteiger charge is 2.28. The van der Waals surface area contributed by atoms with Crippen LogP contribution in [-0.2, 0) is 4.74 Å². The van der Waals surface area contributed by atoms with Crippen molar-refractivity contribution in [2.24, 2.45) is 0 Å². The van der Waals surface area contributed by atoms with Crippen LogP contribution in [0.15, 0.2) is 22.7 Å². The lowest BCUT2D eigenvalue weighted by molar-refractivity contribution is 0.0721. The van der Waals surface area contributed by atoms with E-state index < -0.39 is 0 Å². The van der Waals surface area contributed by atoms with Gasteiger partial charge in [-0.1, -0.05) is 15.9 Å². The van der Waals surface area contributed by atoms with Gasteiger partial charge in [0.2, 0.25) is 0 Å². The summed E-state index contributed by atoms with van der Waals surface area (Å²) in [5.74, 6) is 0.592. The van der Waals surface area contributed by atoms with Gasteiger partial charge >= 0.3 is 0 Å². The van der Waals surface area contributed by atoms with Gasteiger partial charge in [0.1, 0.15) is 5.75 Å². The second-order valence-electron chi connectivity index (χ2n) is 4.24. The molecule has 1 saturated heterocycles. The second-order valence-corrected chi connectivity index (χ2v) is 5.16. The molecule has 0 spiro atoms. The van der Waals surface area contributed by atoms with Crippen LogP contribution in [0.2, 0.25) is 0 Å². The van der Waals surface area contributed by atoms with E-state index in [1.54, 1.807) is 31.3 Å². The molecule has 4 nitrogen and oxygen atoms in total. The fourth-order valence-electron chi connectivity index (χ4n) is 2.12. The fourth-order valence-corrected chi connectivity index (χ4v) is 2.46. The van der Waals surface area contributed by atoms with Crippen LogP contribution in [0.4, 0.5) is 0 Å². The van der Waals surface area contributed by atoms with E-state index in [-0.39, 0.29) is 12.0 Å². The Hall–Kier alpha value is -1.07. The lowest BCUT2D eigenvalue weighted by atomic mass is 10.2. The number of benzene rings is 1. The molecule has 0 radical (unpaired) electrons. The third-order valence-corrected chi connectivity index (χ3v) is 3.65. The van der Waals surface area contributed by atoms with Crippen LogP contribution in [0.1, 0.15) is 16.8 Å². The molecule has 98 valence electrons. The molecule has 1 aliphatic heterocycles. The van der Waals surface area contributed by atoms with E-state index >= 15 is 0 Å². The van der Waals surface area contributed by atoms with Crippen LogP contribution < -0.4 is 4.74 Å². The van der Waals surface area contributed by atoms with Crippen LogP contribution in [-0.4, -0.2) is 44.2 Å². The molecular formula is C13H16BrNO3. The normalized spacial score (nSPS) is 19.1. The summed E-state index contributed by atoms with van der Waals surface area (Å²) in [6.07, 6.45) is 1.04. The number of hydrogen-bond donors (Lipinski definition) is 0. The quantitative estimate of drug-likeness (QED) is 0.859. The summed E-state index contributed by atoms with van der Waals surface area (Å²) >= 11 is 3.37. The lowest BCUT2D eigenvalue weighted by Gasteiger charge is -2.18. The van der Waals surface area contributed by atoms with Crippen LogP contribution in [0.3, 0.4) is 0 Å². The molecule has 5 heteroatoms. The zero-order chi connectivity index (χ0) is 13.1. The van der Waals surface area contributed by atoms with Crippen molar-refractivity contribution in [2.75, 3.05) is 27.3 Å². The van der Waals surface area contributed by atoms with E-state index in [1.165, 1.54) is 0 Å². The lowest BCUT2D eigenvalue weighted by Crippen LogP contribution is -2.30. The fraction of sp³-hybridized carbons (Fsp3) is 0.462. The summed E-state index contributed by atoms with van der Waals surface area (Å²) < 4.78 is 11.4. The molecule has 18 heavy (non-hydrogen) atoms. The third-order valence-electron chi connectivity index (χ3n) is 3.16. The minimum atomic E-state index is -0.00102. The van der Waals surface area contributed by atoms with Crippen LogP contribution >= 0.6 is 15.9 Å². The largest absolute Gasteiger partial charge is 0.496 e. The molecule has 1 aromatic carbocycles. The molecule has 1 amide bonds. The molecule has 1 fully saturated rings. The van der Waals surface area contributed by atoms with Gasteiger partial charge in [0, 0.05) is 24.7 Å². The molecular weight excluding hydrogens is 298 g/mol. The van der Waals surface area contributed by atoms with E-state index in [4.69, 9.17) is 9.47 Å². The van der Waals surface area contributed by atoms with E-state index in [0.29, 0.717) is 17.9 Å². The number of halogens is 1. The molecule has 0 N–H and O–H groups in total. The van der Waals surface area contributed by atoms with Crippen molar-refractivity contribution in [3.63, 3.8) is 0 Å². The third kappa shape index (κ3) is 2.67. The number of methoxy groups -OCH3 is 2. The Bertz CT molecular complexity index is 450. The van der Waals surface area contributed by atoms with Crippen molar-refractivity contribution in [2.45, 2.75) is 12.5 Å². The van der Waals surface area contributed by atoms with Gasteiger partial charge in [-0.25, -0.2) is 0 Å². The standard InChI is InChI=1S/C13H16BrNO3/c1-17-10-5-6-15(8-10)13(16)11-4-3-9(14)7-12(11)18-2/h3-4,7,10H,5-6,8H2,1-2H3. The summed E-state index contributed by atoms with van der Waals surface area (Å²) in [7, 11) is 3.25. The highest BCUT2D eigenvalue weighted by molar-refractivity contribution is 9.10. The molecule has 0 aromatic heterocycles. The van der Waals surface area contributed by atoms with Crippen molar-refractivity contribution in [1.29, 1.82) is 0 Å². The molecule has 1 aromatic rings. The summed E-state index contributed by atoms with van der Waals surface area (Å²) in [5.41, 5.74) is 0.595. The summed E-state index contributed by atoms with van der Waals surface area (Å²) in [6.45, 7) is 1.38. The summed E-state index contributed by atoms with van der Waals surface area (Å²) in [6, 6.07) is 5.43. The smallest absolute Gasteiger partial charge is 0.257 e. The zero-order valence-electron chi connectivity index (χ0n) is 10.5. The molecule has 1 aliphatic rings. The van der Waals surface area contributed by atoms with Gasteiger partial charge in [-0.05, 0) is 24.6 Å². The minimum Gasteiger partial charge on any atom is -0.496 e. The van der Waals surface area contributed by atoms with E-state index in [0.717, 1.165) is 17.4 Å². The highest BCUT2D eigenvalue weighted by Crippen LogP contribution is 2.26.